The van der Waals surface area contributed by atoms with Crippen molar-refractivity contribution in [3.05, 3.63) is 145 Å². The maximum absolute atomic E-state index is 13.4. The molecule has 0 fully saturated rings. The summed E-state index contributed by atoms with van der Waals surface area (Å²) in [6.07, 6.45) is 0. The molecule has 61 heavy (non-hydrogen) atoms. The summed E-state index contributed by atoms with van der Waals surface area (Å²) in [5.41, 5.74) is 5.63. The van der Waals surface area contributed by atoms with Crippen LogP contribution in [0.1, 0.15) is 13.8 Å². The molecule has 312 valence electrons. The lowest BCUT2D eigenvalue weighted by Gasteiger charge is -2.10. The van der Waals surface area contributed by atoms with E-state index in [1.807, 2.05) is 24.3 Å². The number of anilines is 4. The Kier molecular flexibility index (Phi) is 12.6. The predicted molar refractivity (Wildman–Crippen MR) is 230 cm³/mol. The highest BCUT2D eigenvalue weighted by molar-refractivity contribution is 7.93. The average molecular weight is 867 g/mol. The summed E-state index contributed by atoms with van der Waals surface area (Å²) in [4.78, 5) is 22.7. The van der Waals surface area contributed by atoms with Crippen LogP contribution in [0.4, 0.5) is 31.5 Å². The quantitative estimate of drug-likeness (QED) is 0.0806. The van der Waals surface area contributed by atoms with Crippen molar-refractivity contribution in [1.29, 1.82) is 0 Å². The number of benzene rings is 6. The molecule has 0 saturated heterocycles. The van der Waals surface area contributed by atoms with E-state index >= 15 is 0 Å². The number of nitrogens with zero attached hydrogens (tertiary/aromatic N) is 2. The van der Waals surface area contributed by atoms with Crippen LogP contribution in [0.5, 0.6) is 0 Å². The van der Waals surface area contributed by atoms with Crippen molar-refractivity contribution in [3.63, 3.8) is 0 Å². The van der Waals surface area contributed by atoms with E-state index in [0.29, 0.717) is 67.1 Å². The number of fused-ring (bicyclic) bond motifs is 2. The molecule has 8 rings (SSSR count). The zero-order valence-electron chi connectivity index (χ0n) is 32.1. The maximum Gasteiger partial charge on any atom is 0.261 e. The van der Waals surface area contributed by atoms with Gasteiger partial charge in [0.1, 0.15) is 23.0 Å². The van der Waals surface area contributed by atoms with E-state index in [4.69, 9.17) is 0 Å². The molecule has 0 atom stereocenters. The van der Waals surface area contributed by atoms with E-state index in [1.165, 1.54) is 50.2 Å². The molecule has 8 N–H and O–H groups in total. The molecule has 0 aliphatic carbocycles. The standard InChI is InChI=1S/2C21H17FN4O3S.H2O/c2*1-13(27)23-19-8-3-2-7-17(19)21-18-12-15(9-10-20(18)24-25-21)26-30(28,29)16-6-4-5-14(22)11-16;/h2*2-12,26H,1H3,(H,23,27)(H,24,25);1H2. The summed E-state index contributed by atoms with van der Waals surface area (Å²) in [6.45, 7) is 2.83. The molecule has 2 amide bonds. The molecule has 0 saturated carbocycles. The lowest BCUT2D eigenvalue weighted by atomic mass is 10.1. The first-order valence-corrected chi connectivity index (χ1v) is 20.9. The molecule has 0 radical (unpaired) electrons. The molecule has 0 unspecified atom stereocenters. The third-order valence-corrected chi connectivity index (χ3v) is 11.6. The largest absolute Gasteiger partial charge is 0.412 e. The Hall–Kier alpha value is -7.48. The molecule has 6 aromatic carbocycles. The van der Waals surface area contributed by atoms with Gasteiger partial charge in [-0.1, -0.05) is 48.5 Å². The molecular formula is C42H36F2N8O7S2. The molecule has 0 spiro atoms. The summed E-state index contributed by atoms with van der Waals surface area (Å²) < 4.78 is 82.2. The minimum absolute atomic E-state index is 0. The highest BCUT2D eigenvalue weighted by Gasteiger charge is 2.19. The summed E-state index contributed by atoms with van der Waals surface area (Å²) in [5.74, 6) is -1.71. The van der Waals surface area contributed by atoms with Crippen LogP contribution in [0.3, 0.4) is 0 Å². The zero-order valence-corrected chi connectivity index (χ0v) is 33.8. The van der Waals surface area contributed by atoms with Crippen LogP contribution in [0, 0.1) is 11.6 Å². The molecule has 0 bridgehead atoms. The number of rotatable bonds is 10. The third kappa shape index (κ3) is 9.87. The van der Waals surface area contributed by atoms with Gasteiger partial charge in [0.15, 0.2) is 0 Å². The number of carbonyl (C=O) groups excluding carboxylic acids is 2. The molecule has 0 aliphatic rings. The maximum atomic E-state index is 13.4. The minimum atomic E-state index is -3.97. The molecule has 2 heterocycles. The van der Waals surface area contributed by atoms with Crippen LogP contribution in [0.2, 0.25) is 0 Å². The van der Waals surface area contributed by atoms with Crippen LogP contribution in [0.15, 0.2) is 143 Å². The number of aromatic nitrogens is 4. The lowest BCUT2D eigenvalue weighted by molar-refractivity contribution is -0.115. The Balaban J connectivity index is 0.000000201. The van der Waals surface area contributed by atoms with Crippen molar-refractivity contribution >= 4 is 76.4 Å². The SMILES string of the molecule is CC(=O)Nc1ccccc1-c1n[nH]c2ccc(NS(=O)(=O)c3cccc(F)c3)cc12.CC(=O)Nc1ccccc1-c1n[nH]c2ccc(NS(=O)(=O)c3cccc(F)c3)cc12.O. The number of para-hydroxylation sites is 2. The van der Waals surface area contributed by atoms with E-state index in [0.717, 1.165) is 12.1 Å². The highest BCUT2D eigenvalue weighted by Crippen LogP contribution is 2.35. The van der Waals surface area contributed by atoms with Gasteiger partial charge in [0.25, 0.3) is 20.0 Å². The van der Waals surface area contributed by atoms with Crippen LogP contribution in [0.25, 0.3) is 44.3 Å². The Morgan fingerprint density at radius 3 is 1.30 bits per heavy atom. The van der Waals surface area contributed by atoms with E-state index in [-0.39, 0.29) is 27.1 Å². The fraction of sp³-hybridized carbons (Fsp3) is 0.0476. The van der Waals surface area contributed by atoms with Gasteiger partial charge < -0.3 is 16.1 Å². The number of hydrogen-bond donors (Lipinski definition) is 6. The molecule has 19 heteroatoms. The first-order valence-electron chi connectivity index (χ1n) is 17.9. The predicted octanol–water partition coefficient (Wildman–Crippen LogP) is 7.43. The second kappa shape index (κ2) is 17.8. The third-order valence-electron chi connectivity index (χ3n) is 8.83. The monoisotopic (exact) mass is 866 g/mol. The van der Waals surface area contributed by atoms with Gasteiger partial charge in [0.05, 0.1) is 32.2 Å². The number of halogens is 2. The van der Waals surface area contributed by atoms with E-state index in [2.05, 4.69) is 40.5 Å². The van der Waals surface area contributed by atoms with E-state index < -0.39 is 31.7 Å². The summed E-state index contributed by atoms with van der Waals surface area (Å²) in [6, 6.07) is 33.7. The second-order valence-electron chi connectivity index (χ2n) is 13.2. The number of hydrogen-bond acceptors (Lipinski definition) is 8. The summed E-state index contributed by atoms with van der Waals surface area (Å²) in [7, 11) is -7.93. The highest BCUT2D eigenvalue weighted by atomic mass is 32.2. The Labute approximate surface area is 347 Å². The Morgan fingerprint density at radius 2 is 0.918 bits per heavy atom. The van der Waals surface area contributed by atoms with Gasteiger partial charge in [0, 0.05) is 47.1 Å². The van der Waals surface area contributed by atoms with Crippen LogP contribution in [-0.2, 0) is 29.6 Å². The van der Waals surface area contributed by atoms with Gasteiger partial charge in [-0.3, -0.25) is 29.2 Å². The molecule has 15 nitrogen and oxygen atoms in total. The van der Waals surface area contributed by atoms with Crippen LogP contribution in [-0.4, -0.2) is 54.5 Å². The first kappa shape index (κ1) is 43.1. The second-order valence-corrected chi connectivity index (χ2v) is 16.6. The smallest absolute Gasteiger partial charge is 0.261 e. The number of aromatic amines is 2. The molecule has 8 aromatic rings. The fourth-order valence-corrected chi connectivity index (χ4v) is 8.40. The van der Waals surface area contributed by atoms with E-state index in [1.54, 1.807) is 60.7 Å². The van der Waals surface area contributed by atoms with Crippen molar-refractivity contribution in [2.45, 2.75) is 23.6 Å². The summed E-state index contributed by atoms with van der Waals surface area (Å²) in [5, 5.41) is 21.3. The van der Waals surface area contributed by atoms with Gasteiger partial charge in [0.2, 0.25) is 11.8 Å². The van der Waals surface area contributed by atoms with Crippen molar-refractivity contribution < 1.29 is 40.7 Å². The van der Waals surface area contributed by atoms with Gasteiger partial charge in [-0.05, 0) is 84.9 Å². The van der Waals surface area contributed by atoms with Crippen LogP contribution >= 0.6 is 0 Å². The molecule has 0 aliphatic heterocycles. The van der Waals surface area contributed by atoms with Crippen molar-refractivity contribution in [3.8, 4) is 22.5 Å². The molecule has 2 aromatic heterocycles. The first-order chi connectivity index (χ1) is 28.7. The van der Waals surface area contributed by atoms with Gasteiger partial charge >= 0.3 is 0 Å². The average Bonchev–Trinajstić information content (AvgIpc) is 3.82. The Morgan fingerprint density at radius 1 is 0.525 bits per heavy atom. The fourth-order valence-electron chi connectivity index (χ4n) is 6.24. The Bertz CT molecular complexity index is 2950. The van der Waals surface area contributed by atoms with Crippen molar-refractivity contribution in [1.82, 2.24) is 20.4 Å². The number of H-pyrrole nitrogens is 2. The van der Waals surface area contributed by atoms with Gasteiger partial charge in [-0.2, -0.15) is 10.2 Å². The van der Waals surface area contributed by atoms with Crippen molar-refractivity contribution in [2.75, 3.05) is 20.1 Å². The van der Waals surface area contributed by atoms with Gasteiger partial charge in [-0.25, -0.2) is 25.6 Å². The van der Waals surface area contributed by atoms with Crippen molar-refractivity contribution in [2.24, 2.45) is 0 Å². The van der Waals surface area contributed by atoms with Crippen LogP contribution < -0.4 is 20.1 Å². The van der Waals surface area contributed by atoms with E-state index in [9.17, 15) is 35.2 Å². The number of sulfonamides is 2. The van der Waals surface area contributed by atoms with Gasteiger partial charge in [-0.15, -0.1) is 0 Å². The topological polar surface area (TPSA) is 239 Å². The summed E-state index contributed by atoms with van der Waals surface area (Å²) >= 11 is 0. The number of nitrogens with one attached hydrogen (secondary N) is 6. The normalized spacial score (nSPS) is 11.2. The lowest BCUT2D eigenvalue weighted by Crippen LogP contribution is -2.13. The molecular weight excluding hydrogens is 831 g/mol. The minimum Gasteiger partial charge on any atom is -0.412 e. The zero-order chi connectivity index (χ0) is 42.6. The number of amides is 2. The number of carbonyl (C=O) groups is 2.